The Morgan fingerprint density at radius 2 is 2.07 bits per heavy atom. The van der Waals surface area contributed by atoms with Gasteiger partial charge in [-0.1, -0.05) is 54.3 Å². The fraction of sp³-hybridized carbons (Fsp3) is 0.182. The molecule has 0 bridgehead atoms. The largest absolute Gasteiger partial charge is 0.348 e. The van der Waals surface area contributed by atoms with Crippen LogP contribution in [-0.4, -0.2) is 15.8 Å². The molecule has 1 aromatic carbocycles. The van der Waals surface area contributed by atoms with Crippen molar-refractivity contribution in [2.45, 2.75) is 6.54 Å². The van der Waals surface area contributed by atoms with Gasteiger partial charge in [0.2, 0.25) is 0 Å². The van der Waals surface area contributed by atoms with Crippen molar-refractivity contribution in [1.29, 1.82) is 0 Å². The average Bonchev–Trinajstić information content (AvgIpc) is 2.49. The topological polar surface area (TPSA) is 3.24 Å². The summed E-state index contributed by atoms with van der Waals surface area (Å²) < 4.78 is 0.912. The molecule has 4 heteroatoms. The van der Waals surface area contributed by atoms with Gasteiger partial charge in [0.1, 0.15) is 4.32 Å². The Morgan fingerprint density at radius 3 is 2.60 bits per heavy atom. The van der Waals surface area contributed by atoms with Crippen LogP contribution in [-0.2, 0) is 6.54 Å². The van der Waals surface area contributed by atoms with E-state index in [-0.39, 0.29) is 0 Å². The number of nitrogens with zero attached hydrogens (tertiary/aromatic N) is 1. The van der Waals surface area contributed by atoms with Crippen LogP contribution in [0.3, 0.4) is 0 Å². The van der Waals surface area contributed by atoms with Gasteiger partial charge >= 0.3 is 0 Å². The maximum atomic E-state index is 5.82. The van der Waals surface area contributed by atoms with Crippen molar-refractivity contribution >= 4 is 39.9 Å². The first-order chi connectivity index (χ1) is 7.15. The van der Waals surface area contributed by atoms with Crippen LogP contribution in [0.15, 0.2) is 35.7 Å². The number of halogens is 1. The van der Waals surface area contributed by atoms with Crippen LogP contribution in [0.25, 0.3) is 0 Å². The Bertz CT molecular complexity index is 400. The third-order valence-corrected chi connectivity index (χ3v) is 3.75. The Labute approximate surface area is 104 Å². The van der Waals surface area contributed by atoms with Gasteiger partial charge in [-0.25, -0.2) is 0 Å². The zero-order chi connectivity index (χ0) is 10.8. The number of benzene rings is 1. The quantitative estimate of drug-likeness (QED) is 0.742. The van der Waals surface area contributed by atoms with Gasteiger partial charge in [-0.2, -0.15) is 0 Å². The Hall–Kier alpha value is -0.510. The first-order valence-electron chi connectivity index (χ1n) is 4.54. The normalized spacial score (nSPS) is 16.2. The first-order valence-corrected chi connectivity index (χ1v) is 6.14. The van der Waals surface area contributed by atoms with E-state index in [4.69, 9.17) is 23.8 Å². The van der Waals surface area contributed by atoms with Crippen LogP contribution in [0.2, 0.25) is 5.02 Å². The Morgan fingerprint density at radius 1 is 1.40 bits per heavy atom. The van der Waals surface area contributed by atoms with Gasteiger partial charge in [-0.3, -0.25) is 0 Å². The molecule has 1 saturated heterocycles. The molecule has 1 aliphatic heterocycles. The predicted molar refractivity (Wildman–Crippen MR) is 71.2 cm³/mol. The average molecular weight is 256 g/mol. The number of thioether (sulfide) groups is 1. The summed E-state index contributed by atoms with van der Waals surface area (Å²) >= 11 is 12.7. The molecule has 2 rings (SSSR count). The Kier molecular flexibility index (Phi) is 3.34. The van der Waals surface area contributed by atoms with Crippen LogP contribution < -0.4 is 0 Å². The summed E-state index contributed by atoms with van der Waals surface area (Å²) in [7, 11) is 0. The highest BCUT2D eigenvalue weighted by molar-refractivity contribution is 8.25. The molecule has 0 aromatic heterocycles. The molecule has 0 spiro atoms. The number of thiocarbonyl (C=S) groups is 1. The maximum Gasteiger partial charge on any atom is 0.141 e. The molecule has 1 fully saturated rings. The summed E-state index contributed by atoms with van der Waals surface area (Å²) in [5, 5.41) is 0.765. The van der Waals surface area contributed by atoms with E-state index in [1.165, 1.54) is 5.56 Å². The van der Waals surface area contributed by atoms with Gasteiger partial charge < -0.3 is 4.90 Å². The third-order valence-electron chi connectivity index (χ3n) is 2.14. The summed E-state index contributed by atoms with van der Waals surface area (Å²) in [6.07, 6.45) is 0. The van der Waals surface area contributed by atoms with Crippen molar-refractivity contribution in [1.82, 2.24) is 4.90 Å². The molecule has 1 aromatic rings. The lowest BCUT2D eigenvalue weighted by Gasteiger charge is -2.16. The maximum absolute atomic E-state index is 5.82. The highest BCUT2D eigenvalue weighted by Crippen LogP contribution is 2.29. The summed E-state index contributed by atoms with van der Waals surface area (Å²) in [6, 6.07) is 7.85. The fourth-order valence-corrected chi connectivity index (χ4v) is 2.76. The van der Waals surface area contributed by atoms with Crippen molar-refractivity contribution < 1.29 is 0 Å². The molecule has 0 radical (unpaired) electrons. The van der Waals surface area contributed by atoms with Crippen LogP contribution in [0.1, 0.15) is 5.56 Å². The van der Waals surface area contributed by atoms with Crippen molar-refractivity contribution in [3.05, 3.63) is 46.3 Å². The van der Waals surface area contributed by atoms with Gasteiger partial charge in [0.25, 0.3) is 0 Å². The molecule has 0 aliphatic carbocycles. The molecule has 0 amide bonds. The SMILES string of the molecule is C=C1CN(Cc2ccc(Cl)cc2)C(=S)S1. The Balaban J connectivity index is 2.06. The fourth-order valence-electron chi connectivity index (χ4n) is 1.43. The van der Waals surface area contributed by atoms with E-state index in [1.54, 1.807) is 11.8 Å². The van der Waals surface area contributed by atoms with Gasteiger partial charge in [0.15, 0.2) is 0 Å². The summed E-state index contributed by atoms with van der Waals surface area (Å²) in [4.78, 5) is 3.26. The monoisotopic (exact) mass is 255 g/mol. The summed E-state index contributed by atoms with van der Waals surface area (Å²) in [5.74, 6) is 0. The van der Waals surface area contributed by atoms with E-state index in [0.717, 1.165) is 27.3 Å². The summed E-state index contributed by atoms with van der Waals surface area (Å²) in [5.41, 5.74) is 1.22. The number of hydrogen-bond acceptors (Lipinski definition) is 2. The minimum absolute atomic E-state index is 0.765. The lowest BCUT2D eigenvalue weighted by atomic mass is 10.2. The van der Waals surface area contributed by atoms with Crippen molar-refractivity contribution in [2.75, 3.05) is 6.54 Å². The van der Waals surface area contributed by atoms with E-state index in [2.05, 4.69) is 11.5 Å². The predicted octanol–water partition coefficient (Wildman–Crippen LogP) is 3.69. The molecule has 0 N–H and O–H groups in total. The minimum Gasteiger partial charge on any atom is -0.348 e. The van der Waals surface area contributed by atoms with Crippen LogP contribution >= 0.6 is 35.6 Å². The molecular weight excluding hydrogens is 246 g/mol. The lowest BCUT2D eigenvalue weighted by molar-refractivity contribution is 0.477. The third kappa shape index (κ3) is 2.74. The van der Waals surface area contributed by atoms with Crippen LogP contribution in [0.5, 0.6) is 0 Å². The smallest absolute Gasteiger partial charge is 0.141 e. The van der Waals surface area contributed by atoms with Crippen molar-refractivity contribution in [2.24, 2.45) is 0 Å². The minimum atomic E-state index is 0.765. The highest BCUT2D eigenvalue weighted by Gasteiger charge is 2.20. The lowest BCUT2D eigenvalue weighted by Crippen LogP contribution is -2.21. The van der Waals surface area contributed by atoms with Crippen molar-refractivity contribution in [3.63, 3.8) is 0 Å². The molecular formula is C11H10ClNS2. The second-order valence-corrected chi connectivity index (χ2v) is 5.64. The molecule has 0 atom stereocenters. The molecule has 1 heterocycles. The van der Waals surface area contributed by atoms with Gasteiger partial charge in [0.05, 0.1) is 6.54 Å². The van der Waals surface area contributed by atoms with Crippen molar-refractivity contribution in [3.8, 4) is 0 Å². The van der Waals surface area contributed by atoms with Gasteiger partial charge in [-0.15, -0.1) is 0 Å². The van der Waals surface area contributed by atoms with E-state index >= 15 is 0 Å². The standard InChI is InChI=1S/C11H10ClNS2/c1-8-6-13(11(14)15-8)7-9-2-4-10(12)5-3-9/h2-5H,1,6-7H2. The second-order valence-electron chi connectivity index (χ2n) is 3.39. The number of hydrogen-bond donors (Lipinski definition) is 0. The molecule has 1 nitrogen and oxygen atoms in total. The van der Waals surface area contributed by atoms with E-state index in [9.17, 15) is 0 Å². The zero-order valence-electron chi connectivity index (χ0n) is 8.07. The zero-order valence-corrected chi connectivity index (χ0v) is 10.5. The molecule has 78 valence electrons. The highest BCUT2D eigenvalue weighted by atomic mass is 35.5. The van der Waals surface area contributed by atoms with Crippen LogP contribution in [0, 0.1) is 0 Å². The summed E-state index contributed by atoms with van der Waals surface area (Å²) in [6.45, 7) is 5.61. The van der Waals surface area contributed by atoms with Gasteiger partial charge in [-0.05, 0) is 17.7 Å². The molecule has 1 aliphatic rings. The molecule has 15 heavy (non-hydrogen) atoms. The first kappa shape index (κ1) is 11.0. The second kappa shape index (κ2) is 4.56. The van der Waals surface area contributed by atoms with E-state index in [0.29, 0.717) is 0 Å². The van der Waals surface area contributed by atoms with E-state index < -0.39 is 0 Å². The molecule has 0 unspecified atom stereocenters. The van der Waals surface area contributed by atoms with Gasteiger partial charge in [0, 0.05) is 16.5 Å². The van der Waals surface area contributed by atoms with Crippen LogP contribution in [0.4, 0.5) is 0 Å². The molecule has 0 saturated carbocycles. The number of rotatable bonds is 2. The van der Waals surface area contributed by atoms with E-state index in [1.807, 2.05) is 24.3 Å².